The van der Waals surface area contributed by atoms with Gasteiger partial charge in [0, 0.05) is 16.8 Å². The zero-order chi connectivity index (χ0) is 23.5. The average molecular weight is 466 g/mol. The number of carbonyl (C=O) groups excluding carboxylic acids is 2. The van der Waals surface area contributed by atoms with Crippen molar-refractivity contribution in [2.75, 3.05) is 17.8 Å². The Labute approximate surface area is 187 Å². The predicted molar refractivity (Wildman–Crippen MR) is 113 cm³/mol. The van der Waals surface area contributed by atoms with Crippen molar-refractivity contribution in [2.24, 2.45) is 0 Å². The van der Waals surface area contributed by atoms with Gasteiger partial charge >= 0.3 is 12.1 Å². The Bertz CT molecular complexity index is 1020. The molecule has 6 nitrogen and oxygen atoms in total. The number of anilines is 1. The third kappa shape index (κ3) is 5.08. The highest BCUT2D eigenvalue weighted by Gasteiger charge is 2.38. The minimum atomic E-state index is -4.55. The van der Waals surface area contributed by atoms with Crippen LogP contribution in [0.4, 0.5) is 18.9 Å². The number of nitrogens with zero attached hydrogens (tertiary/aromatic N) is 2. The molecule has 1 aliphatic rings. The van der Waals surface area contributed by atoms with E-state index in [1.807, 2.05) is 6.26 Å². The zero-order valence-corrected chi connectivity index (χ0v) is 18.1. The van der Waals surface area contributed by atoms with Gasteiger partial charge in [-0.05, 0) is 55.1 Å². The second-order valence-electron chi connectivity index (χ2n) is 6.85. The molecule has 1 amide bonds. The summed E-state index contributed by atoms with van der Waals surface area (Å²) in [5.41, 5.74) is -0.577. The number of ether oxygens (including phenoxy) is 1. The van der Waals surface area contributed by atoms with Crippen molar-refractivity contribution in [3.05, 3.63) is 71.4 Å². The van der Waals surface area contributed by atoms with Crippen molar-refractivity contribution < 1.29 is 32.6 Å². The van der Waals surface area contributed by atoms with E-state index in [4.69, 9.17) is 4.74 Å². The fourth-order valence-electron chi connectivity index (χ4n) is 3.18. The van der Waals surface area contributed by atoms with Crippen molar-refractivity contribution in [1.29, 1.82) is 0 Å². The van der Waals surface area contributed by atoms with E-state index < -0.39 is 30.0 Å². The van der Waals surface area contributed by atoms with E-state index in [0.29, 0.717) is 5.69 Å². The fraction of sp³-hybridized carbons (Fsp3) is 0.273. The van der Waals surface area contributed by atoms with E-state index in [-0.39, 0.29) is 24.3 Å². The molecule has 2 aromatic carbocycles. The molecule has 0 bridgehead atoms. The summed E-state index contributed by atoms with van der Waals surface area (Å²) in [5, 5.41) is 10.9. The Morgan fingerprint density at radius 2 is 1.88 bits per heavy atom. The van der Waals surface area contributed by atoms with E-state index in [0.717, 1.165) is 21.9 Å². The molecule has 3 rings (SSSR count). The van der Waals surface area contributed by atoms with Crippen LogP contribution in [0.2, 0.25) is 0 Å². The van der Waals surface area contributed by atoms with E-state index in [2.05, 4.69) is 0 Å². The Morgan fingerprint density at radius 1 is 1.19 bits per heavy atom. The number of aliphatic hydroxyl groups is 1. The van der Waals surface area contributed by atoms with Gasteiger partial charge in [-0.2, -0.15) is 13.2 Å². The molecule has 0 aliphatic carbocycles. The van der Waals surface area contributed by atoms with E-state index in [1.54, 1.807) is 31.2 Å². The van der Waals surface area contributed by atoms with Crippen LogP contribution in [0, 0.1) is 0 Å². The van der Waals surface area contributed by atoms with Gasteiger partial charge in [0.15, 0.2) is 0 Å². The van der Waals surface area contributed by atoms with Gasteiger partial charge in [-0.1, -0.05) is 12.1 Å². The maximum absolute atomic E-state index is 13.1. The van der Waals surface area contributed by atoms with Gasteiger partial charge in [0.2, 0.25) is 6.35 Å². The van der Waals surface area contributed by atoms with Gasteiger partial charge in [0.05, 0.1) is 18.7 Å². The number of benzene rings is 2. The van der Waals surface area contributed by atoms with E-state index in [9.17, 15) is 27.9 Å². The normalized spacial score (nSPS) is 16.8. The van der Waals surface area contributed by atoms with Gasteiger partial charge in [-0.15, -0.1) is 11.8 Å². The third-order valence-corrected chi connectivity index (χ3v) is 5.50. The van der Waals surface area contributed by atoms with Gasteiger partial charge in [-0.3, -0.25) is 9.69 Å². The molecule has 0 fully saturated rings. The number of halogens is 3. The number of alkyl halides is 3. The molecular formula is C22H21F3N2O4S. The van der Waals surface area contributed by atoms with Crippen LogP contribution in [0.1, 0.15) is 18.1 Å². The number of hydrogen-bond acceptors (Lipinski definition) is 6. The van der Waals surface area contributed by atoms with Crippen molar-refractivity contribution in [3.63, 3.8) is 0 Å². The highest BCUT2D eigenvalue weighted by Crippen LogP contribution is 2.31. The lowest BCUT2D eigenvalue weighted by molar-refractivity contribution is -0.147. The van der Waals surface area contributed by atoms with Crippen molar-refractivity contribution in [3.8, 4) is 0 Å². The minimum absolute atomic E-state index is 0.0298. The average Bonchev–Trinajstić information content (AvgIpc) is 2.76. The number of amides is 1. The number of thioether (sulfide) groups is 1. The molecule has 0 saturated carbocycles. The first-order valence-electron chi connectivity index (χ1n) is 9.62. The molecule has 10 heteroatoms. The molecule has 1 heterocycles. The van der Waals surface area contributed by atoms with Crippen molar-refractivity contribution >= 4 is 29.3 Å². The molecule has 1 unspecified atom stereocenters. The summed E-state index contributed by atoms with van der Waals surface area (Å²) in [6.45, 7) is 1.27. The summed E-state index contributed by atoms with van der Waals surface area (Å²) >= 11 is 1.52. The summed E-state index contributed by atoms with van der Waals surface area (Å²) in [6.07, 6.45) is -3.00. The Hall–Kier alpha value is -2.98. The second kappa shape index (κ2) is 9.66. The summed E-state index contributed by atoms with van der Waals surface area (Å²) in [5.74, 6) is -1.73. The van der Waals surface area contributed by atoms with Gasteiger partial charge in [-0.25, -0.2) is 4.79 Å². The van der Waals surface area contributed by atoms with Crippen LogP contribution < -0.4 is 4.90 Å². The first-order chi connectivity index (χ1) is 15.2. The Kier molecular flexibility index (Phi) is 7.15. The zero-order valence-electron chi connectivity index (χ0n) is 17.3. The second-order valence-corrected chi connectivity index (χ2v) is 7.73. The highest BCUT2D eigenvalue weighted by molar-refractivity contribution is 7.98. The molecule has 32 heavy (non-hydrogen) atoms. The molecule has 1 N–H and O–H groups in total. The van der Waals surface area contributed by atoms with Crippen LogP contribution in [0.3, 0.4) is 0 Å². The van der Waals surface area contributed by atoms with Crippen molar-refractivity contribution in [2.45, 2.75) is 30.9 Å². The summed E-state index contributed by atoms with van der Waals surface area (Å²) in [4.78, 5) is 28.5. The molecule has 170 valence electrons. The van der Waals surface area contributed by atoms with Gasteiger partial charge in [0.25, 0.3) is 5.91 Å². The minimum Gasteiger partial charge on any atom is -0.462 e. The number of carbonyl (C=O) groups is 2. The molecule has 0 saturated heterocycles. The topological polar surface area (TPSA) is 70.1 Å². The molecule has 1 aliphatic heterocycles. The number of rotatable bonds is 6. The third-order valence-electron chi connectivity index (χ3n) is 4.76. The van der Waals surface area contributed by atoms with Crippen LogP contribution in [-0.2, 0) is 27.0 Å². The Balaban J connectivity index is 1.99. The summed E-state index contributed by atoms with van der Waals surface area (Å²) in [6, 6.07) is 11.5. The predicted octanol–water partition coefficient (Wildman–Crippen LogP) is 4.00. The lowest BCUT2D eigenvalue weighted by Crippen LogP contribution is -2.54. The highest BCUT2D eigenvalue weighted by atomic mass is 32.2. The fourth-order valence-corrected chi connectivity index (χ4v) is 3.59. The summed E-state index contributed by atoms with van der Waals surface area (Å²) < 4.78 is 44.2. The lowest BCUT2D eigenvalue weighted by atomic mass is 10.1. The SMILES string of the molecule is CCOC(=O)C1=CN(c2ccc(SC)cc2)C(O)N(Cc2cccc(C(F)(F)F)c2)C1=O. The maximum Gasteiger partial charge on any atom is 0.416 e. The van der Waals surface area contributed by atoms with Crippen molar-refractivity contribution in [1.82, 2.24) is 4.90 Å². The largest absolute Gasteiger partial charge is 0.462 e. The Morgan fingerprint density at radius 3 is 2.47 bits per heavy atom. The first-order valence-corrected chi connectivity index (χ1v) is 10.8. The molecule has 0 radical (unpaired) electrons. The summed E-state index contributed by atoms with van der Waals surface area (Å²) in [7, 11) is 0. The maximum atomic E-state index is 13.1. The van der Waals surface area contributed by atoms with Gasteiger partial charge in [0.1, 0.15) is 5.57 Å². The van der Waals surface area contributed by atoms with Crippen LogP contribution >= 0.6 is 11.8 Å². The molecular weight excluding hydrogens is 445 g/mol. The number of esters is 1. The van der Waals surface area contributed by atoms with Crippen LogP contribution in [0.25, 0.3) is 0 Å². The number of aliphatic hydroxyl groups excluding tert-OH is 1. The molecule has 0 aromatic heterocycles. The first kappa shape index (κ1) is 23.7. The van der Waals surface area contributed by atoms with Gasteiger partial charge < -0.3 is 14.7 Å². The van der Waals surface area contributed by atoms with Crippen LogP contribution in [0.15, 0.2) is 65.2 Å². The lowest BCUT2D eigenvalue weighted by Gasteiger charge is -2.39. The van der Waals surface area contributed by atoms with Crippen LogP contribution in [-0.4, -0.2) is 41.1 Å². The van der Waals surface area contributed by atoms with Crippen LogP contribution in [0.5, 0.6) is 0 Å². The molecule has 0 spiro atoms. The quantitative estimate of drug-likeness (QED) is 0.394. The molecule has 1 atom stereocenters. The molecule has 2 aromatic rings. The monoisotopic (exact) mass is 466 g/mol. The smallest absolute Gasteiger partial charge is 0.416 e. The number of hydrogen-bond donors (Lipinski definition) is 1. The standard InChI is InChI=1S/C22H21F3N2O4S/c1-3-31-20(29)18-13-26(16-7-9-17(32-2)10-8-16)21(30)27(19(18)28)12-14-5-4-6-15(11-14)22(23,24)25/h4-11,13,21,30H,3,12H2,1-2H3. The van der Waals surface area contributed by atoms with E-state index >= 15 is 0 Å². The van der Waals surface area contributed by atoms with E-state index in [1.165, 1.54) is 35.0 Å².